The quantitative estimate of drug-likeness (QED) is 0.687. The summed E-state index contributed by atoms with van der Waals surface area (Å²) in [6.07, 6.45) is 2.94. The number of pyridine rings is 1. The van der Waals surface area contributed by atoms with Crippen LogP contribution in [0.2, 0.25) is 0 Å². The molecule has 3 aromatic rings. The average Bonchev–Trinajstić information content (AvgIpc) is 3.14. The van der Waals surface area contributed by atoms with Crippen molar-refractivity contribution in [3.8, 4) is 11.6 Å². The highest BCUT2D eigenvalue weighted by Gasteiger charge is 2.23. The fraction of sp³-hybridized carbons (Fsp3) is 0.190. The largest absolute Gasteiger partial charge is 0.439 e. The van der Waals surface area contributed by atoms with Gasteiger partial charge in [-0.05, 0) is 42.3 Å². The summed E-state index contributed by atoms with van der Waals surface area (Å²) in [6.45, 7) is 2.17. The first-order chi connectivity index (χ1) is 11.9. The molecule has 1 saturated heterocycles. The predicted octanol–water partition coefficient (Wildman–Crippen LogP) is 4.87. The second-order valence-electron chi connectivity index (χ2n) is 6.11. The molecule has 1 aromatic heterocycles. The molecule has 3 heteroatoms. The summed E-state index contributed by atoms with van der Waals surface area (Å²) in [5.41, 5.74) is 2.69. The number of benzene rings is 2. The first kappa shape index (κ1) is 14.8. The molecule has 0 aliphatic carbocycles. The van der Waals surface area contributed by atoms with Gasteiger partial charge in [-0.15, -0.1) is 0 Å². The van der Waals surface area contributed by atoms with Gasteiger partial charge in [0.25, 0.3) is 0 Å². The molecule has 1 atom stereocenters. The third-order valence-electron chi connectivity index (χ3n) is 4.52. The highest BCUT2D eigenvalue weighted by Crippen LogP contribution is 2.31. The van der Waals surface area contributed by atoms with Crippen molar-refractivity contribution in [1.29, 1.82) is 0 Å². The zero-order valence-corrected chi connectivity index (χ0v) is 13.5. The minimum Gasteiger partial charge on any atom is -0.439 e. The van der Waals surface area contributed by atoms with E-state index in [0.29, 0.717) is 11.8 Å². The second-order valence-corrected chi connectivity index (χ2v) is 6.11. The molecule has 1 unspecified atom stereocenters. The Morgan fingerprint density at radius 3 is 2.42 bits per heavy atom. The molecule has 3 nitrogen and oxygen atoms in total. The maximum Gasteiger partial charge on any atom is 0.219 e. The topological polar surface area (TPSA) is 25.4 Å². The molecule has 4 rings (SSSR count). The molecule has 1 aliphatic heterocycles. The summed E-state index contributed by atoms with van der Waals surface area (Å²) in [7, 11) is 0. The van der Waals surface area contributed by atoms with E-state index in [4.69, 9.17) is 4.74 Å². The van der Waals surface area contributed by atoms with Crippen molar-refractivity contribution >= 4 is 5.69 Å². The van der Waals surface area contributed by atoms with Crippen molar-refractivity contribution in [3.63, 3.8) is 0 Å². The van der Waals surface area contributed by atoms with E-state index in [0.717, 1.165) is 18.8 Å². The van der Waals surface area contributed by atoms with Crippen molar-refractivity contribution in [3.05, 3.63) is 84.6 Å². The van der Waals surface area contributed by atoms with Crippen LogP contribution >= 0.6 is 0 Å². The minimum atomic E-state index is 0.621. The minimum absolute atomic E-state index is 0.621. The molecule has 0 amide bonds. The van der Waals surface area contributed by atoms with Crippen molar-refractivity contribution in [2.45, 2.75) is 12.3 Å². The SMILES string of the molecule is c1ccc(C2CCN(c3ccc(Oc4ccccn4)cc3)C2)cc1. The Hall–Kier alpha value is -2.81. The third kappa shape index (κ3) is 3.25. The van der Waals surface area contributed by atoms with Crippen LogP contribution in [0.5, 0.6) is 11.6 Å². The van der Waals surface area contributed by atoms with Gasteiger partial charge in [-0.25, -0.2) is 4.98 Å². The van der Waals surface area contributed by atoms with Crippen molar-refractivity contribution < 1.29 is 4.74 Å². The first-order valence-electron chi connectivity index (χ1n) is 8.37. The highest BCUT2D eigenvalue weighted by molar-refractivity contribution is 5.51. The number of hydrogen-bond acceptors (Lipinski definition) is 3. The van der Waals surface area contributed by atoms with Crippen molar-refractivity contribution in [2.24, 2.45) is 0 Å². The summed E-state index contributed by atoms with van der Waals surface area (Å²) >= 11 is 0. The lowest BCUT2D eigenvalue weighted by molar-refractivity contribution is 0.463. The van der Waals surface area contributed by atoms with Crippen LogP contribution in [0, 0.1) is 0 Å². The zero-order chi connectivity index (χ0) is 16.2. The van der Waals surface area contributed by atoms with Gasteiger partial charge in [-0.2, -0.15) is 0 Å². The van der Waals surface area contributed by atoms with Crippen LogP contribution in [0.4, 0.5) is 5.69 Å². The summed E-state index contributed by atoms with van der Waals surface area (Å²) in [4.78, 5) is 6.63. The lowest BCUT2D eigenvalue weighted by Crippen LogP contribution is -2.18. The first-order valence-corrected chi connectivity index (χ1v) is 8.37. The molecule has 0 N–H and O–H groups in total. The van der Waals surface area contributed by atoms with Gasteiger partial charge in [0.05, 0.1) is 0 Å². The van der Waals surface area contributed by atoms with Gasteiger partial charge in [-0.3, -0.25) is 0 Å². The zero-order valence-electron chi connectivity index (χ0n) is 13.5. The normalized spacial score (nSPS) is 17.0. The maximum absolute atomic E-state index is 5.76. The Bertz CT molecular complexity index is 772. The molecular weight excluding hydrogens is 296 g/mol. The fourth-order valence-corrected chi connectivity index (χ4v) is 3.25. The van der Waals surface area contributed by atoms with Gasteiger partial charge in [-0.1, -0.05) is 36.4 Å². The van der Waals surface area contributed by atoms with Gasteiger partial charge in [0.1, 0.15) is 5.75 Å². The smallest absolute Gasteiger partial charge is 0.219 e. The van der Waals surface area contributed by atoms with Gasteiger partial charge in [0.2, 0.25) is 5.88 Å². The molecule has 2 heterocycles. The number of anilines is 1. The summed E-state index contributed by atoms with van der Waals surface area (Å²) in [6, 6.07) is 24.8. The number of hydrogen-bond donors (Lipinski definition) is 0. The Morgan fingerprint density at radius 2 is 1.67 bits per heavy atom. The number of ether oxygens (including phenoxy) is 1. The highest BCUT2D eigenvalue weighted by atomic mass is 16.5. The van der Waals surface area contributed by atoms with E-state index >= 15 is 0 Å². The Balaban J connectivity index is 1.42. The van der Waals surface area contributed by atoms with Crippen molar-refractivity contribution in [2.75, 3.05) is 18.0 Å². The van der Waals surface area contributed by atoms with Crippen LogP contribution in [0.15, 0.2) is 79.0 Å². The summed E-state index contributed by atoms with van der Waals surface area (Å²) < 4.78 is 5.76. The molecule has 120 valence electrons. The van der Waals surface area contributed by atoms with Crippen molar-refractivity contribution in [1.82, 2.24) is 4.98 Å². The maximum atomic E-state index is 5.76. The van der Waals surface area contributed by atoms with Crippen LogP contribution in [-0.2, 0) is 0 Å². The molecule has 0 saturated carbocycles. The lowest BCUT2D eigenvalue weighted by atomic mass is 9.99. The average molecular weight is 316 g/mol. The van der Waals surface area contributed by atoms with Crippen LogP contribution in [-0.4, -0.2) is 18.1 Å². The van der Waals surface area contributed by atoms with E-state index < -0.39 is 0 Å². The van der Waals surface area contributed by atoms with E-state index in [-0.39, 0.29) is 0 Å². The monoisotopic (exact) mass is 316 g/mol. The van der Waals surface area contributed by atoms with Crippen LogP contribution in [0.3, 0.4) is 0 Å². The van der Waals surface area contributed by atoms with Crippen LogP contribution in [0.1, 0.15) is 17.9 Å². The number of aromatic nitrogens is 1. The lowest BCUT2D eigenvalue weighted by Gasteiger charge is -2.19. The fourth-order valence-electron chi connectivity index (χ4n) is 3.25. The van der Waals surface area contributed by atoms with Crippen LogP contribution in [0.25, 0.3) is 0 Å². The van der Waals surface area contributed by atoms with Gasteiger partial charge in [0, 0.05) is 37.0 Å². The molecule has 24 heavy (non-hydrogen) atoms. The standard InChI is InChI=1S/C21H20N2O/c1-2-6-17(7-3-1)18-13-15-23(16-18)19-9-11-20(12-10-19)24-21-8-4-5-14-22-21/h1-12,14,18H,13,15-16H2. The molecule has 0 bridgehead atoms. The Kier molecular flexibility index (Phi) is 4.15. The van der Waals surface area contributed by atoms with Gasteiger partial charge in [0.15, 0.2) is 0 Å². The van der Waals surface area contributed by atoms with Crippen LogP contribution < -0.4 is 9.64 Å². The number of nitrogens with zero attached hydrogens (tertiary/aromatic N) is 2. The summed E-state index contributed by atoms with van der Waals surface area (Å²) in [5, 5.41) is 0. The number of rotatable bonds is 4. The van der Waals surface area contributed by atoms with E-state index in [2.05, 4.69) is 52.3 Å². The molecule has 0 radical (unpaired) electrons. The molecule has 0 spiro atoms. The predicted molar refractivity (Wildman–Crippen MR) is 96.8 cm³/mol. The van der Waals surface area contributed by atoms with Gasteiger partial charge >= 0.3 is 0 Å². The summed E-state index contributed by atoms with van der Waals surface area (Å²) in [5.74, 6) is 2.06. The van der Waals surface area contributed by atoms with E-state index in [1.54, 1.807) is 6.20 Å². The van der Waals surface area contributed by atoms with E-state index in [9.17, 15) is 0 Å². The molecule has 1 aliphatic rings. The second kappa shape index (κ2) is 6.75. The molecule has 2 aromatic carbocycles. The Morgan fingerprint density at radius 1 is 0.875 bits per heavy atom. The molecule has 1 fully saturated rings. The molecular formula is C21H20N2O. The van der Waals surface area contributed by atoms with E-state index in [1.807, 2.05) is 30.3 Å². The Labute approximate surface area is 142 Å². The third-order valence-corrected chi connectivity index (χ3v) is 4.52. The van der Waals surface area contributed by atoms with Gasteiger partial charge < -0.3 is 9.64 Å². The van der Waals surface area contributed by atoms with E-state index in [1.165, 1.54) is 17.7 Å².